The first-order valence-corrected chi connectivity index (χ1v) is 3.66. The van der Waals surface area contributed by atoms with E-state index in [1.807, 2.05) is 13.8 Å². The number of nitrogens with zero attached hydrogens (tertiary/aromatic N) is 2. The summed E-state index contributed by atoms with van der Waals surface area (Å²) >= 11 is 0. The molecule has 0 saturated heterocycles. The lowest BCUT2D eigenvalue weighted by Gasteiger charge is -1.81. The van der Waals surface area contributed by atoms with Crippen LogP contribution in [0.1, 0.15) is 12.5 Å². The zero-order chi connectivity index (χ0) is 9.40. The molecule has 2 heteroatoms. The number of hydrogen-bond donors (Lipinski definition) is 0. The Morgan fingerprint density at radius 2 is 1.83 bits per heavy atom. The second-order valence-corrected chi connectivity index (χ2v) is 2.47. The molecule has 1 rings (SSSR count). The number of rotatable bonds is 1. The smallest absolute Gasteiger partial charge is 0.115 e. The maximum atomic E-state index is 3.77. The summed E-state index contributed by atoms with van der Waals surface area (Å²) in [6.45, 7) is 10.9. The molecule has 0 aliphatic rings. The predicted octanol–water partition coefficient (Wildman–Crippen LogP) is 2.53. The second kappa shape index (κ2) is 6.28. The molecule has 0 spiro atoms. The van der Waals surface area contributed by atoms with Gasteiger partial charge >= 0.3 is 0 Å². The van der Waals surface area contributed by atoms with Gasteiger partial charge in [-0.1, -0.05) is 24.8 Å². The lowest BCUT2D eigenvalue weighted by Crippen LogP contribution is -1.75. The van der Waals surface area contributed by atoms with Crippen LogP contribution < -0.4 is 0 Å². The molecule has 0 aliphatic carbocycles. The molecule has 0 fully saturated rings. The van der Waals surface area contributed by atoms with Crippen LogP contribution in [0.15, 0.2) is 43.5 Å². The molecule has 64 valence electrons. The van der Waals surface area contributed by atoms with Gasteiger partial charge in [-0.25, -0.2) is 9.97 Å². The highest BCUT2D eigenvalue weighted by Crippen LogP contribution is 1.84. The van der Waals surface area contributed by atoms with E-state index >= 15 is 0 Å². The van der Waals surface area contributed by atoms with E-state index in [4.69, 9.17) is 0 Å². The van der Waals surface area contributed by atoms with E-state index in [0.29, 0.717) is 0 Å². The number of allylic oxidation sites excluding steroid dienone is 2. The van der Waals surface area contributed by atoms with Crippen molar-refractivity contribution < 1.29 is 0 Å². The zero-order valence-corrected chi connectivity index (χ0v) is 7.62. The first-order valence-electron chi connectivity index (χ1n) is 3.66. The van der Waals surface area contributed by atoms with E-state index in [0.717, 1.165) is 11.1 Å². The van der Waals surface area contributed by atoms with Crippen molar-refractivity contribution in [2.75, 3.05) is 0 Å². The van der Waals surface area contributed by atoms with Gasteiger partial charge in [0.2, 0.25) is 0 Å². The molecule has 0 aliphatic heterocycles. The van der Waals surface area contributed by atoms with Crippen molar-refractivity contribution in [1.29, 1.82) is 0 Å². The molecular weight excluding hydrogens is 148 g/mol. The van der Waals surface area contributed by atoms with Gasteiger partial charge in [-0.2, -0.15) is 0 Å². The molecule has 1 aromatic heterocycles. The Kier molecular flexibility index (Phi) is 5.53. The van der Waals surface area contributed by atoms with Gasteiger partial charge in [-0.05, 0) is 19.4 Å². The van der Waals surface area contributed by atoms with Crippen molar-refractivity contribution in [2.24, 2.45) is 0 Å². The van der Waals surface area contributed by atoms with Gasteiger partial charge in [0.25, 0.3) is 0 Å². The highest BCUT2D eigenvalue weighted by molar-refractivity contribution is 5.05. The maximum absolute atomic E-state index is 3.77. The standard InChI is InChI=1S/C5H6N2.C5H8/c1-5-2-6-4-7-3-5;1-4-5(2)3/h2-4H,1H3;4H,1-2H2,3H3. The Morgan fingerprint density at radius 1 is 1.42 bits per heavy atom. The predicted molar refractivity (Wildman–Crippen MR) is 51.8 cm³/mol. The summed E-state index contributed by atoms with van der Waals surface area (Å²) in [6.07, 6.45) is 6.78. The minimum Gasteiger partial charge on any atom is -0.245 e. The molecule has 0 saturated carbocycles. The van der Waals surface area contributed by atoms with Gasteiger partial charge in [0.05, 0.1) is 0 Å². The van der Waals surface area contributed by atoms with Crippen LogP contribution in [0.25, 0.3) is 0 Å². The quantitative estimate of drug-likeness (QED) is 0.593. The zero-order valence-electron chi connectivity index (χ0n) is 7.62. The molecule has 0 bridgehead atoms. The van der Waals surface area contributed by atoms with Crippen LogP contribution in [-0.2, 0) is 0 Å². The molecule has 0 aromatic carbocycles. The summed E-state index contributed by atoms with van der Waals surface area (Å²) in [6, 6.07) is 0. The number of aromatic nitrogens is 2. The molecule has 0 amide bonds. The Morgan fingerprint density at radius 3 is 2.00 bits per heavy atom. The summed E-state index contributed by atoms with van der Waals surface area (Å²) in [5, 5.41) is 0. The Bertz CT molecular complexity index is 239. The van der Waals surface area contributed by atoms with Gasteiger partial charge in [0.15, 0.2) is 0 Å². The van der Waals surface area contributed by atoms with Crippen LogP contribution in [0.3, 0.4) is 0 Å². The monoisotopic (exact) mass is 162 g/mol. The Labute approximate surface area is 73.7 Å². The molecule has 0 N–H and O–H groups in total. The Hall–Kier alpha value is -1.44. The fraction of sp³-hybridized carbons (Fsp3) is 0.200. The Balaban J connectivity index is 0.000000217. The normalized spacial score (nSPS) is 7.83. The van der Waals surface area contributed by atoms with Gasteiger partial charge in [0, 0.05) is 12.4 Å². The number of aryl methyl sites for hydroxylation is 1. The van der Waals surface area contributed by atoms with Gasteiger partial charge in [-0.15, -0.1) is 0 Å². The third-order valence-electron chi connectivity index (χ3n) is 1.04. The van der Waals surface area contributed by atoms with E-state index < -0.39 is 0 Å². The fourth-order valence-corrected chi connectivity index (χ4v) is 0.374. The molecule has 0 radical (unpaired) electrons. The van der Waals surface area contributed by atoms with Crippen molar-refractivity contribution in [1.82, 2.24) is 9.97 Å². The van der Waals surface area contributed by atoms with Crippen molar-refractivity contribution >= 4 is 0 Å². The minimum absolute atomic E-state index is 1.02. The first kappa shape index (κ1) is 10.6. The lowest BCUT2D eigenvalue weighted by atomic mass is 10.4. The largest absolute Gasteiger partial charge is 0.245 e. The molecule has 12 heavy (non-hydrogen) atoms. The molecule has 0 unspecified atom stereocenters. The average molecular weight is 162 g/mol. The van der Waals surface area contributed by atoms with Crippen LogP contribution in [0.2, 0.25) is 0 Å². The third-order valence-corrected chi connectivity index (χ3v) is 1.04. The average Bonchev–Trinajstić information content (AvgIpc) is 2.07. The summed E-state index contributed by atoms with van der Waals surface area (Å²) in [5.74, 6) is 0. The highest BCUT2D eigenvalue weighted by atomic mass is 14.8. The van der Waals surface area contributed by atoms with Crippen molar-refractivity contribution in [2.45, 2.75) is 13.8 Å². The molecular formula is C10H14N2. The first-order chi connectivity index (χ1) is 5.66. The van der Waals surface area contributed by atoms with Crippen LogP contribution in [0.5, 0.6) is 0 Å². The topological polar surface area (TPSA) is 25.8 Å². The summed E-state index contributed by atoms with van der Waals surface area (Å²) in [7, 11) is 0. The third kappa shape index (κ3) is 6.68. The van der Waals surface area contributed by atoms with Crippen molar-refractivity contribution in [3.63, 3.8) is 0 Å². The van der Waals surface area contributed by atoms with E-state index in [9.17, 15) is 0 Å². The summed E-state index contributed by atoms with van der Waals surface area (Å²) < 4.78 is 0. The van der Waals surface area contributed by atoms with Crippen molar-refractivity contribution in [3.05, 3.63) is 49.1 Å². The van der Waals surface area contributed by atoms with E-state index in [2.05, 4.69) is 23.1 Å². The van der Waals surface area contributed by atoms with E-state index in [1.165, 1.54) is 6.33 Å². The molecule has 1 aromatic rings. The minimum atomic E-state index is 1.02. The summed E-state index contributed by atoms with van der Waals surface area (Å²) in [5.41, 5.74) is 2.12. The second-order valence-electron chi connectivity index (χ2n) is 2.47. The molecule has 1 heterocycles. The van der Waals surface area contributed by atoms with Gasteiger partial charge in [0.1, 0.15) is 6.33 Å². The summed E-state index contributed by atoms with van der Waals surface area (Å²) in [4.78, 5) is 7.55. The number of hydrogen-bond acceptors (Lipinski definition) is 2. The van der Waals surface area contributed by atoms with Gasteiger partial charge < -0.3 is 0 Å². The van der Waals surface area contributed by atoms with Crippen LogP contribution >= 0.6 is 0 Å². The van der Waals surface area contributed by atoms with E-state index in [-0.39, 0.29) is 0 Å². The van der Waals surface area contributed by atoms with Crippen LogP contribution in [0.4, 0.5) is 0 Å². The highest BCUT2D eigenvalue weighted by Gasteiger charge is 1.74. The van der Waals surface area contributed by atoms with Crippen LogP contribution in [0, 0.1) is 6.92 Å². The van der Waals surface area contributed by atoms with E-state index in [1.54, 1.807) is 18.5 Å². The van der Waals surface area contributed by atoms with Gasteiger partial charge in [-0.3, -0.25) is 0 Å². The maximum Gasteiger partial charge on any atom is 0.115 e. The van der Waals surface area contributed by atoms with Crippen LogP contribution in [-0.4, -0.2) is 9.97 Å². The SMILES string of the molecule is C=CC(=C)C.Cc1cncnc1. The molecule has 0 atom stereocenters. The fourth-order valence-electron chi connectivity index (χ4n) is 0.374. The molecule has 2 nitrogen and oxygen atoms in total. The lowest BCUT2D eigenvalue weighted by molar-refractivity contribution is 1.13. The van der Waals surface area contributed by atoms with Crippen molar-refractivity contribution in [3.8, 4) is 0 Å².